The number of carbonyl (C=O) groups is 1. The van der Waals surface area contributed by atoms with Crippen LogP contribution in [0.3, 0.4) is 0 Å². The van der Waals surface area contributed by atoms with Crippen molar-refractivity contribution >= 4 is 44.5 Å². The van der Waals surface area contributed by atoms with Crippen LogP contribution < -0.4 is 10.1 Å². The van der Waals surface area contributed by atoms with Gasteiger partial charge in [-0.3, -0.25) is 4.79 Å². The number of nitrogens with zero attached hydrogens (tertiary/aromatic N) is 2. The minimum absolute atomic E-state index is 0.0480. The number of carbonyl (C=O) groups excluding carboxylic acids is 1. The Kier molecular flexibility index (Phi) is 7.06. The van der Waals surface area contributed by atoms with Crippen LogP contribution in [-0.4, -0.2) is 26.6 Å². The molecule has 0 spiro atoms. The minimum Gasteiger partial charge on any atom is -0.435 e. The number of nitrogens with one attached hydrogen (secondary N) is 2. The Labute approximate surface area is 201 Å². The van der Waals surface area contributed by atoms with Gasteiger partial charge in [0, 0.05) is 27.9 Å². The molecule has 0 aliphatic carbocycles. The number of rotatable bonds is 5. The number of amides is 1. The van der Waals surface area contributed by atoms with E-state index in [1.807, 2.05) is 0 Å². The van der Waals surface area contributed by atoms with Crippen molar-refractivity contribution in [2.75, 3.05) is 11.6 Å². The molecule has 14 heteroatoms. The van der Waals surface area contributed by atoms with Crippen molar-refractivity contribution in [1.82, 2.24) is 10.2 Å². The average molecular weight is 537 g/mol. The predicted molar refractivity (Wildman–Crippen MR) is 118 cm³/mol. The molecule has 0 fully saturated rings. The Hall–Kier alpha value is -2.96. The summed E-state index contributed by atoms with van der Waals surface area (Å²) < 4.78 is 79.2. The highest BCUT2D eigenvalue weighted by Crippen LogP contribution is 2.38. The van der Waals surface area contributed by atoms with Crippen molar-refractivity contribution in [3.63, 3.8) is 0 Å². The maximum atomic E-state index is 13.9. The Morgan fingerprint density at radius 1 is 1.18 bits per heavy atom. The summed E-state index contributed by atoms with van der Waals surface area (Å²) in [7, 11) is -3.13. The van der Waals surface area contributed by atoms with Gasteiger partial charge in [-0.1, -0.05) is 29.3 Å². The molecule has 1 atom stereocenters. The van der Waals surface area contributed by atoms with E-state index in [1.54, 1.807) is 0 Å². The Balaban J connectivity index is 2.11. The van der Waals surface area contributed by atoms with Crippen LogP contribution in [0, 0.1) is 17.5 Å². The third-order valence-electron chi connectivity index (χ3n) is 4.39. The van der Waals surface area contributed by atoms with Gasteiger partial charge in [0.15, 0.2) is 11.4 Å². The zero-order chi connectivity index (χ0) is 25.4. The van der Waals surface area contributed by atoms with E-state index >= 15 is 0 Å². The number of hydrogen-bond acceptors (Lipinski definition) is 6. The highest BCUT2D eigenvalue weighted by molar-refractivity contribution is 7.91. The molecule has 0 radical (unpaired) electrons. The number of aromatic nitrogens is 2. The Morgan fingerprint density at radius 3 is 2.47 bits per heavy atom. The lowest BCUT2D eigenvalue weighted by Gasteiger charge is -2.16. The first kappa shape index (κ1) is 25.7. The molecule has 34 heavy (non-hydrogen) atoms. The van der Waals surface area contributed by atoms with Gasteiger partial charge < -0.3 is 10.1 Å². The molecule has 1 aromatic heterocycles. The molecule has 1 heterocycles. The number of alkyl halides is 3. The monoisotopic (exact) mass is 536 g/mol. The third-order valence-corrected chi connectivity index (χ3v) is 6.13. The zero-order valence-corrected chi connectivity index (χ0v) is 19.6. The van der Waals surface area contributed by atoms with E-state index in [-0.39, 0.29) is 15.6 Å². The summed E-state index contributed by atoms with van der Waals surface area (Å²) in [6.45, 7) is 0.985. The highest BCUT2D eigenvalue weighted by atomic mass is 35.5. The van der Waals surface area contributed by atoms with E-state index in [0.717, 1.165) is 19.1 Å². The van der Waals surface area contributed by atoms with Gasteiger partial charge in [-0.05, 0) is 36.8 Å². The second-order valence-electron chi connectivity index (χ2n) is 6.98. The van der Waals surface area contributed by atoms with E-state index in [0.29, 0.717) is 0 Å². The van der Waals surface area contributed by atoms with Crippen molar-refractivity contribution in [2.45, 2.75) is 18.0 Å². The fourth-order valence-corrected chi connectivity index (χ4v) is 3.86. The van der Waals surface area contributed by atoms with Gasteiger partial charge in [-0.25, -0.2) is 13.4 Å². The smallest absolute Gasteiger partial charge is 0.435 e. The van der Waals surface area contributed by atoms with Crippen molar-refractivity contribution in [3.05, 3.63) is 69.1 Å². The van der Waals surface area contributed by atoms with Gasteiger partial charge in [-0.2, -0.15) is 13.2 Å². The van der Waals surface area contributed by atoms with Gasteiger partial charge >= 0.3 is 6.18 Å². The van der Waals surface area contributed by atoms with Crippen molar-refractivity contribution in [3.8, 4) is 11.6 Å². The van der Waals surface area contributed by atoms with Crippen LogP contribution >= 0.6 is 23.2 Å². The lowest BCUT2D eigenvalue weighted by molar-refractivity contribution is -0.142. The highest BCUT2D eigenvalue weighted by Gasteiger charge is 2.38. The zero-order valence-electron chi connectivity index (χ0n) is 17.3. The number of anilines is 1. The molecule has 0 saturated heterocycles. The van der Waals surface area contributed by atoms with Gasteiger partial charge in [0.1, 0.15) is 16.4 Å². The van der Waals surface area contributed by atoms with E-state index in [4.69, 9.17) is 32.7 Å². The molecule has 0 aliphatic heterocycles. The summed E-state index contributed by atoms with van der Waals surface area (Å²) >= 11 is 11.6. The fraction of sp³-hybridized carbons (Fsp3) is 0.150. The van der Waals surface area contributed by atoms with Crippen LogP contribution in [0.1, 0.15) is 21.6 Å². The van der Waals surface area contributed by atoms with Gasteiger partial charge in [-0.15, -0.1) is 10.2 Å². The van der Waals surface area contributed by atoms with E-state index < -0.39 is 61.1 Å². The summed E-state index contributed by atoms with van der Waals surface area (Å²) in [4.78, 5) is 13.1. The Morgan fingerprint density at radius 2 is 1.85 bits per heavy atom. The molecule has 0 aliphatic rings. The lowest BCUT2D eigenvalue weighted by atomic mass is 10.1. The Bertz CT molecular complexity index is 1400. The first-order valence-corrected chi connectivity index (χ1v) is 11.8. The summed E-state index contributed by atoms with van der Waals surface area (Å²) in [6.07, 6.45) is -3.77. The maximum Gasteiger partial charge on any atom is 0.435 e. The van der Waals surface area contributed by atoms with Crippen molar-refractivity contribution in [1.29, 1.82) is 4.78 Å². The number of benzene rings is 2. The van der Waals surface area contributed by atoms with Crippen LogP contribution in [0.4, 0.5) is 23.2 Å². The van der Waals surface area contributed by atoms with E-state index in [2.05, 4.69) is 15.5 Å². The lowest BCUT2D eigenvalue weighted by Crippen LogP contribution is -2.21. The molecule has 0 bridgehead atoms. The molecule has 3 rings (SSSR count). The molecular formula is C20H14Cl2F4N4O3S. The molecule has 1 unspecified atom stereocenters. The predicted octanol–water partition coefficient (Wildman–Crippen LogP) is 6.33. The van der Waals surface area contributed by atoms with Gasteiger partial charge in [0.05, 0.1) is 9.73 Å². The van der Waals surface area contributed by atoms with Gasteiger partial charge in [0.25, 0.3) is 11.8 Å². The molecular weight excluding hydrogens is 523 g/mol. The summed E-state index contributed by atoms with van der Waals surface area (Å²) in [5.41, 5.74) is -2.67. The molecule has 1 amide bonds. The molecule has 2 aromatic carbocycles. The second-order valence-corrected chi connectivity index (χ2v) is 9.95. The molecule has 2 N–H and O–H groups in total. The average Bonchev–Trinajstić information content (AvgIpc) is 2.70. The number of halogens is 6. The van der Waals surface area contributed by atoms with Crippen molar-refractivity contribution < 1.29 is 31.3 Å². The molecule has 180 valence electrons. The maximum absolute atomic E-state index is 13.9. The first-order chi connectivity index (χ1) is 15.7. The van der Waals surface area contributed by atoms with Crippen molar-refractivity contribution in [2.24, 2.45) is 0 Å². The fourth-order valence-electron chi connectivity index (χ4n) is 2.83. The summed E-state index contributed by atoms with van der Waals surface area (Å²) in [6, 6.07) is 7.40. The van der Waals surface area contributed by atoms with Crippen LogP contribution in [0.15, 0.2) is 41.3 Å². The third kappa shape index (κ3) is 5.57. The normalized spacial score (nSPS) is 13.3. The van der Waals surface area contributed by atoms with Gasteiger partial charge in [0.2, 0.25) is 0 Å². The van der Waals surface area contributed by atoms with Crippen LogP contribution in [-0.2, 0) is 15.9 Å². The standard InChI is InChI=1S/C20H14Cl2F4N4O3S/c1-9-15(18(31)28-11-4-3-5-12(8-11)34(2,27)32)19(30-29-17(9)20(24,25)26)33-14-7-10(21)6-13(23)16(14)22/h3-8,27H,1-2H3,(H,28,31). The quantitative estimate of drug-likeness (QED) is 0.292. The summed E-state index contributed by atoms with van der Waals surface area (Å²) in [5, 5.41) is 8.15. The molecule has 3 aromatic rings. The van der Waals surface area contributed by atoms with E-state index in [9.17, 15) is 26.6 Å². The molecule has 7 nitrogen and oxygen atoms in total. The SMILES string of the molecule is Cc1c(C(F)(F)F)nnc(Oc2cc(Cl)cc(F)c2Cl)c1C(=O)Nc1cccc(S(C)(=N)=O)c1. The largest absolute Gasteiger partial charge is 0.435 e. The van der Waals surface area contributed by atoms with Crippen LogP contribution in [0.25, 0.3) is 0 Å². The first-order valence-electron chi connectivity index (χ1n) is 9.10. The van der Waals surface area contributed by atoms with Crippen LogP contribution in [0.2, 0.25) is 10.0 Å². The number of hydrogen-bond donors (Lipinski definition) is 2. The second kappa shape index (κ2) is 9.35. The molecule has 0 saturated carbocycles. The topological polar surface area (TPSA) is 105 Å². The summed E-state index contributed by atoms with van der Waals surface area (Å²) in [5.74, 6) is -3.16. The van der Waals surface area contributed by atoms with E-state index in [1.165, 1.54) is 30.5 Å². The number of ether oxygens (including phenoxy) is 1. The van der Waals surface area contributed by atoms with Crippen LogP contribution in [0.5, 0.6) is 11.6 Å². The minimum atomic E-state index is -4.94.